The zero-order valence-electron chi connectivity index (χ0n) is 22.6. The Balaban J connectivity index is 0.000000165. The maximum Gasteiger partial charge on any atom is 0.162 e. The van der Waals surface area contributed by atoms with Crippen molar-refractivity contribution in [2.75, 3.05) is 22.9 Å². The Hall–Kier alpha value is -3.44. The zero-order chi connectivity index (χ0) is 28.6. The molecule has 40 heavy (non-hydrogen) atoms. The van der Waals surface area contributed by atoms with Crippen LogP contribution in [0.2, 0.25) is 0 Å². The maximum atomic E-state index is 5.94. The Kier molecular flexibility index (Phi) is 8.14. The van der Waals surface area contributed by atoms with Crippen LogP contribution in [0.5, 0.6) is 0 Å². The Morgan fingerprint density at radius 2 is 0.925 bits per heavy atom. The topological polar surface area (TPSA) is 130 Å². The number of nitrogens with two attached hydrogens (primary N) is 4. The quantitative estimate of drug-likeness (QED) is 0.117. The first kappa shape index (κ1) is 28.1. The second-order valence-electron chi connectivity index (χ2n) is 9.49. The summed E-state index contributed by atoms with van der Waals surface area (Å²) in [7, 11) is 3.25. The molecule has 0 spiro atoms. The number of hydrogen-bond donors (Lipinski definition) is 4. The van der Waals surface area contributed by atoms with Gasteiger partial charge in [-0.1, -0.05) is 12.1 Å². The van der Waals surface area contributed by atoms with Crippen molar-refractivity contribution in [2.45, 2.75) is 36.4 Å². The minimum absolute atomic E-state index is 0.768. The van der Waals surface area contributed by atoms with Crippen molar-refractivity contribution < 1.29 is 0 Å². The minimum Gasteiger partial charge on any atom is -0.399 e. The van der Waals surface area contributed by atoms with Gasteiger partial charge in [-0.05, 0) is 131 Å². The summed E-state index contributed by atoms with van der Waals surface area (Å²) < 4.78 is 4.23. The third kappa shape index (κ3) is 5.85. The second kappa shape index (κ2) is 11.6. The predicted molar refractivity (Wildman–Crippen MR) is 179 cm³/mol. The number of aromatic nitrogens is 2. The molecule has 0 bridgehead atoms. The summed E-state index contributed by atoms with van der Waals surface area (Å²) in [6, 6.07) is 19.7. The van der Waals surface area contributed by atoms with Gasteiger partial charge in [0, 0.05) is 22.7 Å². The lowest BCUT2D eigenvalue weighted by molar-refractivity contribution is 1.30. The molecule has 6 aromatic rings. The fraction of sp³-hybridized carbons (Fsp3) is 0.133. The molecule has 8 N–H and O–H groups in total. The molecule has 6 rings (SSSR count). The average molecular weight is 603 g/mol. The van der Waals surface area contributed by atoms with Crippen LogP contribution in [0.4, 0.5) is 22.7 Å². The van der Waals surface area contributed by atoms with E-state index < -0.39 is 0 Å². The number of fused-ring (bicyclic) bond motifs is 2. The highest BCUT2D eigenvalue weighted by molar-refractivity contribution is 8.77. The number of rotatable bonds is 4. The molecule has 0 atom stereocenters. The van der Waals surface area contributed by atoms with E-state index in [0.29, 0.717) is 0 Å². The minimum atomic E-state index is 0.768. The van der Waals surface area contributed by atoms with E-state index in [-0.39, 0.29) is 0 Å². The van der Waals surface area contributed by atoms with Crippen molar-refractivity contribution in [3.63, 3.8) is 0 Å². The normalized spacial score (nSPS) is 11.1. The first-order chi connectivity index (χ1) is 19.1. The van der Waals surface area contributed by atoms with Gasteiger partial charge >= 0.3 is 0 Å². The third-order valence-electron chi connectivity index (χ3n) is 6.92. The molecule has 0 unspecified atom stereocenters. The number of thiazole rings is 2. The highest BCUT2D eigenvalue weighted by Crippen LogP contribution is 2.43. The molecule has 0 saturated carbocycles. The van der Waals surface area contributed by atoms with E-state index >= 15 is 0 Å². The molecule has 0 aliphatic rings. The van der Waals surface area contributed by atoms with Gasteiger partial charge in [0.2, 0.25) is 0 Å². The smallest absolute Gasteiger partial charge is 0.162 e. The largest absolute Gasteiger partial charge is 0.399 e. The molecule has 2 heterocycles. The molecule has 0 amide bonds. The van der Waals surface area contributed by atoms with Gasteiger partial charge in [0.1, 0.15) is 0 Å². The fourth-order valence-electron chi connectivity index (χ4n) is 4.25. The Morgan fingerprint density at radius 3 is 1.32 bits per heavy atom. The van der Waals surface area contributed by atoms with E-state index in [9.17, 15) is 0 Å². The summed E-state index contributed by atoms with van der Waals surface area (Å²) in [6.45, 7) is 8.36. The summed E-state index contributed by atoms with van der Waals surface area (Å²) >= 11 is 3.30. The van der Waals surface area contributed by atoms with Crippen LogP contribution in [0, 0.1) is 27.7 Å². The summed E-state index contributed by atoms with van der Waals surface area (Å²) in [5.41, 5.74) is 35.9. The second-order valence-corrected chi connectivity index (χ2v) is 14.2. The van der Waals surface area contributed by atoms with Crippen LogP contribution in [0.25, 0.3) is 31.6 Å². The summed E-state index contributed by atoms with van der Waals surface area (Å²) in [5.74, 6) is 0. The number of nitrogen functional groups attached to an aromatic ring is 4. The van der Waals surface area contributed by atoms with Gasteiger partial charge in [0.25, 0.3) is 0 Å². The van der Waals surface area contributed by atoms with Crippen LogP contribution in [0.3, 0.4) is 0 Å². The molecule has 0 fully saturated rings. The van der Waals surface area contributed by atoms with Crippen molar-refractivity contribution in [3.05, 3.63) is 82.9 Å². The summed E-state index contributed by atoms with van der Waals surface area (Å²) in [4.78, 5) is 9.20. The molecule has 0 aliphatic heterocycles. The van der Waals surface area contributed by atoms with Gasteiger partial charge in [-0.3, -0.25) is 0 Å². The Bertz CT molecular complexity index is 1720. The number of nitrogens with zero attached hydrogens (tertiary/aromatic N) is 2. The first-order valence-corrected chi connectivity index (χ1v) is 16.3. The fourth-order valence-corrected chi connectivity index (χ4v) is 8.84. The van der Waals surface area contributed by atoms with E-state index in [4.69, 9.17) is 22.9 Å². The molecule has 0 aliphatic carbocycles. The van der Waals surface area contributed by atoms with Crippen molar-refractivity contribution in [3.8, 4) is 11.1 Å². The van der Waals surface area contributed by atoms with Crippen LogP contribution >= 0.6 is 44.3 Å². The number of benzene rings is 4. The van der Waals surface area contributed by atoms with Crippen LogP contribution in [0.1, 0.15) is 22.3 Å². The van der Waals surface area contributed by atoms with Gasteiger partial charge in [-0.2, -0.15) is 0 Å². The van der Waals surface area contributed by atoms with E-state index in [0.717, 1.165) is 63.0 Å². The molecular weight excluding hydrogens is 573 g/mol. The maximum absolute atomic E-state index is 5.94. The first-order valence-electron chi connectivity index (χ1n) is 12.5. The summed E-state index contributed by atoms with van der Waals surface area (Å²) in [6.07, 6.45) is 0. The van der Waals surface area contributed by atoms with Crippen LogP contribution in [-0.4, -0.2) is 9.97 Å². The van der Waals surface area contributed by atoms with Gasteiger partial charge in [-0.15, -0.1) is 22.7 Å². The van der Waals surface area contributed by atoms with Gasteiger partial charge in [0.15, 0.2) is 8.68 Å². The van der Waals surface area contributed by atoms with Crippen molar-refractivity contribution in [1.82, 2.24) is 9.97 Å². The van der Waals surface area contributed by atoms with E-state index in [1.165, 1.54) is 22.3 Å². The lowest BCUT2D eigenvalue weighted by Gasteiger charge is -2.15. The van der Waals surface area contributed by atoms with Crippen LogP contribution in [-0.2, 0) is 0 Å². The molecule has 4 aromatic carbocycles. The number of hydrogen-bond acceptors (Lipinski definition) is 10. The molecule has 0 radical (unpaired) electrons. The van der Waals surface area contributed by atoms with Crippen molar-refractivity contribution in [2.24, 2.45) is 0 Å². The standard InChI is InChI=1S/C16H20N2.C14H10N4S4/c1-9-11(3)15(17)7-5-13(9)14-6-8-16(18)12(4)10(14)2;15-7-1-3-9-11(5-7)19-13(17-9)21-22-14-18-10-4-2-8(16)6-12(10)20-14/h5-8H,17-18H2,1-4H3;1-6H,15-16H2. The molecule has 204 valence electrons. The molecule has 10 heteroatoms. The molecular formula is C30H30N6S4. The van der Waals surface area contributed by atoms with Gasteiger partial charge < -0.3 is 22.9 Å². The monoisotopic (exact) mass is 602 g/mol. The molecule has 0 saturated heterocycles. The highest BCUT2D eigenvalue weighted by Gasteiger charge is 2.12. The lowest BCUT2D eigenvalue weighted by atomic mass is 9.91. The molecule has 2 aromatic heterocycles. The van der Waals surface area contributed by atoms with E-state index in [1.54, 1.807) is 44.3 Å². The van der Waals surface area contributed by atoms with E-state index in [1.807, 2.05) is 48.5 Å². The number of anilines is 4. The third-order valence-corrected chi connectivity index (χ3v) is 11.9. The van der Waals surface area contributed by atoms with Crippen LogP contribution < -0.4 is 22.9 Å². The van der Waals surface area contributed by atoms with Crippen LogP contribution in [0.15, 0.2) is 69.3 Å². The average Bonchev–Trinajstić information content (AvgIpc) is 3.53. The van der Waals surface area contributed by atoms with Crippen molar-refractivity contribution >= 4 is 87.4 Å². The SMILES string of the molecule is Cc1c(N)ccc(-c2ccc(N)c(C)c2C)c1C.Nc1ccc2nc(SSc3nc4ccc(N)cc4s3)sc2c1. The van der Waals surface area contributed by atoms with Crippen molar-refractivity contribution in [1.29, 1.82) is 0 Å². The summed E-state index contributed by atoms with van der Waals surface area (Å²) in [5, 5.41) is 0. The van der Waals surface area contributed by atoms with E-state index in [2.05, 4.69) is 49.8 Å². The highest BCUT2D eigenvalue weighted by atomic mass is 33.1. The zero-order valence-corrected chi connectivity index (χ0v) is 25.9. The molecule has 6 nitrogen and oxygen atoms in total. The Labute approximate surface area is 249 Å². The Morgan fingerprint density at radius 1 is 0.525 bits per heavy atom. The lowest BCUT2D eigenvalue weighted by Crippen LogP contribution is -1.98. The van der Waals surface area contributed by atoms with Gasteiger partial charge in [0.05, 0.1) is 20.4 Å². The predicted octanol–water partition coefficient (Wildman–Crippen LogP) is 8.62. The van der Waals surface area contributed by atoms with Gasteiger partial charge in [-0.25, -0.2) is 9.97 Å².